The van der Waals surface area contributed by atoms with Crippen molar-refractivity contribution in [3.63, 3.8) is 0 Å². The number of carbonyl (C=O) groups is 1. The van der Waals surface area contributed by atoms with Gasteiger partial charge in [-0.1, -0.05) is 36.7 Å². The third kappa shape index (κ3) is 4.93. The van der Waals surface area contributed by atoms with E-state index in [0.717, 1.165) is 6.42 Å². The summed E-state index contributed by atoms with van der Waals surface area (Å²) in [6.07, 6.45) is 1.99. The number of sulfonamides is 1. The van der Waals surface area contributed by atoms with Gasteiger partial charge in [0.1, 0.15) is 0 Å². The maximum atomic E-state index is 12.6. The topological polar surface area (TPSA) is 57.7 Å². The molecule has 0 bridgehead atoms. The van der Waals surface area contributed by atoms with Crippen LogP contribution in [0.2, 0.25) is 5.02 Å². The molecule has 128 valence electrons. The summed E-state index contributed by atoms with van der Waals surface area (Å²) in [4.78, 5) is 13.8. The number of halogens is 1. The zero-order valence-corrected chi connectivity index (χ0v) is 14.9. The molecule has 1 aromatic carbocycles. The molecule has 1 fully saturated rings. The Bertz CT molecular complexity index is 648. The molecule has 1 aromatic rings. The Balaban J connectivity index is 2.03. The number of benzene rings is 1. The highest BCUT2D eigenvalue weighted by Crippen LogP contribution is 2.20. The van der Waals surface area contributed by atoms with Gasteiger partial charge in [0.15, 0.2) is 0 Å². The summed E-state index contributed by atoms with van der Waals surface area (Å²) in [7, 11) is -3.43. The molecule has 1 aliphatic heterocycles. The number of rotatable bonds is 5. The van der Waals surface area contributed by atoms with Crippen LogP contribution in [0.1, 0.15) is 31.7 Å². The molecule has 23 heavy (non-hydrogen) atoms. The molecule has 0 radical (unpaired) electrons. The smallest absolute Gasteiger partial charge is 0.222 e. The molecule has 2 rings (SSSR count). The highest BCUT2D eigenvalue weighted by atomic mass is 35.5. The van der Waals surface area contributed by atoms with Gasteiger partial charge in [0.25, 0.3) is 0 Å². The van der Waals surface area contributed by atoms with E-state index in [4.69, 9.17) is 11.6 Å². The molecule has 0 atom stereocenters. The maximum absolute atomic E-state index is 12.6. The van der Waals surface area contributed by atoms with Crippen LogP contribution in [0.5, 0.6) is 0 Å². The van der Waals surface area contributed by atoms with Gasteiger partial charge < -0.3 is 4.90 Å². The number of nitrogens with zero attached hydrogens (tertiary/aromatic N) is 2. The molecule has 1 heterocycles. The van der Waals surface area contributed by atoms with Crippen molar-refractivity contribution in [1.82, 2.24) is 9.21 Å². The van der Waals surface area contributed by atoms with Crippen LogP contribution in [-0.4, -0.2) is 49.7 Å². The van der Waals surface area contributed by atoms with Crippen molar-refractivity contribution in [2.75, 3.05) is 26.2 Å². The first kappa shape index (κ1) is 18.2. The van der Waals surface area contributed by atoms with Gasteiger partial charge >= 0.3 is 0 Å². The highest BCUT2D eigenvalue weighted by molar-refractivity contribution is 7.88. The second-order valence-corrected chi connectivity index (χ2v) is 8.11. The predicted octanol–water partition coefficient (Wildman–Crippen LogP) is 2.50. The van der Waals surface area contributed by atoms with Crippen LogP contribution in [-0.2, 0) is 20.6 Å². The van der Waals surface area contributed by atoms with Crippen molar-refractivity contribution in [2.24, 2.45) is 0 Å². The lowest BCUT2D eigenvalue weighted by molar-refractivity contribution is -0.131. The first-order valence-corrected chi connectivity index (χ1v) is 9.91. The summed E-state index contributed by atoms with van der Waals surface area (Å²) in [6.45, 7) is 3.85. The lowest BCUT2D eigenvalue weighted by Crippen LogP contribution is -2.37. The lowest BCUT2D eigenvalue weighted by atomic mass is 10.2. The number of hydrogen-bond donors (Lipinski definition) is 0. The van der Waals surface area contributed by atoms with Crippen molar-refractivity contribution in [3.05, 3.63) is 34.9 Å². The van der Waals surface area contributed by atoms with E-state index in [9.17, 15) is 13.2 Å². The standard InChI is InChI=1S/C16H23ClN2O3S/c1-2-6-16(20)18-9-5-10-19(12-11-18)23(21,22)13-14-7-3-4-8-15(14)17/h3-4,7-8H,2,5-6,9-13H2,1H3. The van der Waals surface area contributed by atoms with Crippen LogP contribution in [0, 0.1) is 0 Å². The van der Waals surface area contributed by atoms with Gasteiger partial charge in [0, 0.05) is 37.6 Å². The van der Waals surface area contributed by atoms with Crippen LogP contribution in [0.25, 0.3) is 0 Å². The average molecular weight is 359 g/mol. The minimum atomic E-state index is -3.43. The molecular weight excluding hydrogens is 336 g/mol. The molecule has 0 aliphatic carbocycles. The average Bonchev–Trinajstić information content (AvgIpc) is 2.76. The zero-order valence-electron chi connectivity index (χ0n) is 13.4. The fourth-order valence-corrected chi connectivity index (χ4v) is 4.57. The minimum Gasteiger partial charge on any atom is -0.341 e. The normalized spacial score (nSPS) is 17.0. The second kappa shape index (κ2) is 8.13. The van der Waals surface area contributed by atoms with Crippen LogP contribution in [0.4, 0.5) is 0 Å². The molecule has 1 aliphatic rings. The summed E-state index contributed by atoms with van der Waals surface area (Å²) >= 11 is 6.07. The van der Waals surface area contributed by atoms with E-state index in [1.807, 2.05) is 6.92 Å². The van der Waals surface area contributed by atoms with E-state index in [-0.39, 0.29) is 11.7 Å². The second-order valence-electron chi connectivity index (χ2n) is 5.73. The monoisotopic (exact) mass is 358 g/mol. The Morgan fingerprint density at radius 3 is 2.61 bits per heavy atom. The van der Waals surface area contributed by atoms with Gasteiger partial charge in [-0.3, -0.25) is 4.79 Å². The van der Waals surface area contributed by atoms with Crippen molar-refractivity contribution >= 4 is 27.5 Å². The molecule has 0 N–H and O–H groups in total. The van der Waals surface area contributed by atoms with Crippen LogP contribution in [0.3, 0.4) is 0 Å². The summed E-state index contributed by atoms with van der Waals surface area (Å²) < 4.78 is 26.7. The van der Waals surface area contributed by atoms with Gasteiger partial charge in [-0.2, -0.15) is 4.31 Å². The quantitative estimate of drug-likeness (QED) is 0.812. The third-order valence-electron chi connectivity index (χ3n) is 3.96. The van der Waals surface area contributed by atoms with Crippen LogP contribution < -0.4 is 0 Å². The zero-order chi connectivity index (χ0) is 16.9. The molecule has 0 saturated carbocycles. The molecular formula is C16H23ClN2O3S. The lowest BCUT2D eigenvalue weighted by Gasteiger charge is -2.22. The van der Waals surface area contributed by atoms with Crippen molar-refractivity contribution in [1.29, 1.82) is 0 Å². The third-order valence-corrected chi connectivity index (χ3v) is 6.16. The van der Waals surface area contributed by atoms with Crippen LogP contribution in [0.15, 0.2) is 24.3 Å². The minimum absolute atomic E-state index is 0.102. The number of amides is 1. The molecule has 0 aromatic heterocycles. The molecule has 0 unspecified atom stereocenters. The van der Waals surface area contributed by atoms with E-state index < -0.39 is 10.0 Å². The van der Waals surface area contributed by atoms with Gasteiger partial charge in [-0.15, -0.1) is 0 Å². The van der Waals surface area contributed by atoms with E-state index >= 15 is 0 Å². The van der Waals surface area contributed by atoms with Crippen molar-refractivity contribution in [2.45, 2.75) is 31.9 Å². The molecule has 0 spiro atoms. The van der Waals surface area contributed by atoms with Gasteiger partial charge in [0.2, 0.25) is 15.9 Å². The fraction of sp³-hybridized carbons (Fsp3) is 0.562. The summed E-state index contributed by atoms with van der Waals surface area (Å²) in [5.41, 5.74) is 0.609. The summed E-state index contributed by atoms with van der Waals surface area (Å²) in [6, 6.07) is 6.99. The number of hydrogen-bond acceptors (Lipinski definition) is 3. The van der Waals surface area contributed by atoms with Gasteiger partial charge in [0.05, 0.1) is 5.75 Å². The molecule has 1 amide bonds. The SMILES string of the molecule is CCCC(=O)N1CCCN(S(=O)(=O)Cc2ccccc2Cl)CC1. The van der Waals surface area contributed by atoms with E-state index in [1.54, 1.807) is 29.2 Å². The highest BCUT2D eigenvalue weighted by Gasteiger charge is 2.27. The Morgan fingerprint density at radius 2 is 1.91 bits per heavy atom. The van der Waals surface area contributed by atoms with E-state index in [0.29, 0.717) is 49.6 Å². The summed E-state index contributed by atoms with van der Waals surface area (Å²) in [5, 5.41) is 0.464. The van der Waals surface area contributed by atoms with Crippen LogP contribution >= 0.6 is 11.6 Å². The summed E-state index contributed by atoms with van der Waals surface area (Å²) in [5.74, 6) is 0.00751. The van der Waals surface area contributed by atoms with Gasteiger partial charge in [-0.05, 0) is 24.5 Å². The Kier molecular flexibility index (Phi) is 6.44. The first-order valence-electron chi connectivity index (χ1n) is 7.93. The Morgan fingerprint density at radius 1 is 1.17 bits per heavy atom. The molecule has 1 saturated heterocycles. The van der Waals surface area contributed by atoms with E-state index in [2.05, 4.69) is 0 Å². The maximum Gasteiger partial charge on any atom is 0.222 e. The number of carbonyl (C=O) groups excluding carboxylic acids is 1. The predicted molar refractivity (Wildman–Crippen MR) is 91.8 cm³/mol. The van der Waals surface area contributed by atoms with Crippen molar-refractivity contribution < 1.29 is 13.2 Å². The molecule has 7 heteroatoms. The van der Waals surface area contributed by atoms with E-state index in [1.165, 1.54) is 4.31 Å². The Hall–Kier alpha value is -1.11. The first-order chi connectivity index (χ1) is 10.9. The van der Waals surface area contributed by atoms with Crippen molar-refractivity contribution in [3.8, 4) is 0 Å². The largest absolute Gasteiger partial charge is 0.341 e. The van der Waals surface area contributed by atoms with Gasteiger partial charge in [-0.25, -0.2) is 8.42 Å². The Labute approximate surface area is 143 Å². The fourth-order valence-electron chi connectivity index (χ4n) is 2.70. The molecule has 5 nitrogen and oxygen atoms in total.